The summed E-state index contributed by atoms with van der Waals surface area (Å²) in [6.45, 7) is 8.94. The lowest BCUT2D eigenvalue weighted by atomic mass is 9.97. The van der Waals surface area contributed by atoms with Crippen molar-refractivity contribution in [3.63, 3.8) is 0 Å². The van der Waals surface area contributed by atoms with Gasteiger partial charge < -0.3 is 10.6 Å². The Labute approximate surface area is 97.2 Å². The molecule has 0 saturated heterocycles. The molecular formula is C13H20N2O. The molecule has 1 rings (SSSR count). The van der Waals surface area contributed by atoms with E-state index in [4.69, 9.17) is 0 Å². The monoisotopic (exact) mass is 220 g/mol. The largest absolute Gasteiger partial charge is 0.384 e. The number of amides is 1. The predicted octanol–water partition coefficient (Wildman–Crippen LogP) is 3.10. The van der Waals surface area contributed by atoms with Gasteiger partial charge in [0.2, 0.25) is 5.91 Å². The molecule has 88 valence electrons. The molecule has 0 aromatic heterocycles. The number of hydrogen-bond acceptors (Lipinski definition) is 2. The molecule has 0 saturated carbocycles. The molecule has 0 atom stereocenters. The van der Waals surface area contributed by atoms with E-state index in [1.54, 1.807) is 0 Å². The van der Waals surface area contributed by atoms with Gasteiger partial charge in [0.25, 0.3) is 0 Å². The van der Waals surface area contributed by atoms with E-state index < -0.39 is 0 Å². The van der Waals surface area contributed by atoms with Crippen molar-refractivity contribution in [3.05, 3.63) is 24.3 Å². The first-order valence-electron chi connectivity index (χ1n) is 5.48. The van der Waals surface area contributed by atoms with Crippen molar-refractivity contribution in [1.29, 1.82) is 0 Å². The maximum atomic E-state index is 10.9. The van der Waals surface area contributed by atoms with Crippen LogP contribution in [0.15, 0.2) is 24.3 Å². The van der Waals surface area contributed by atoms with Crippen LogP contribution in [0.2, 0.25) is 0 Å². The lowest BCUT2D eigenvalue weighted by Crippen LogP contribution is -2.19. The first kappa shape index (κ1) is 12.6. The Morgan fingerprint density at radius 3 is 2.44 bits per heavy atom. The Bertz CT molecular complexity index is 366. The van der Waals surface area contributed by atoms with E-state index >= 15 is 0 Å². The second-order valence-corrected chi connectivity index (χ2v) is 5.18. The Morgan fingerprint density at radius 2 is 1.88 bits per heavy atom. The molecule has 3 nitrogen and oxygen atoms in total. The summed E-state index contributed by atoms with van der Waals surface area (Å²) >= 11 is 0. The van der Waals surface area contributed by atoms with Crippen molar-refractivity contribution in [3.8, 4) is 0 Å². The summed E-state index contributed by atoms with van der Waals surface area (Å²) in [5.74, 6) is -0.0482. The molecule has 1 aromatic carbocycles. The Morgan fingerprint density at radius 1 is 1.25 bits per heavy atom. The molecule has 0 fully saturated rings. The summed E-state index contributed by atoms with van der Waals surface area (Å²) in [6, 6.07) is 7.74. The lowest BCUT2D eigenvalue weighted by molar-refractivity contribution is -0.114. The Hall–Kier alpha value is -1.51. The van der Waals surface area contributed by atoms with Gasteiger partial charge in [0.05, 0.1) is 0 Å². The smallest absolute Gasteiger partial charge is 0.221 e. The van der Waals surface area contributed by atoms with Crippen LogP contribution in [0.5, 0.6) is 0 Å². The minimum atomic E-state index is -0.0482. The third kappa shape index (κ3) is 4.82. The first-order valence-corrected chi connectivity index (χ1v) is 5.48. The number of rotatable bonds is 3. The molecular weight excluding hydrogens is 200 g/mol. The highest BCUT2D eigenvalue weighted by molar-refractivity contribution is 5.89. The molecule has 3 heteroatoms. The third-order valence-electron chi connectivity index (χ3n) is 2.01. The standard InChI is InChI=1S/C13H20N2O/c1-10(16)15-12-7-5-6-11(8-12)14-9-13(2,3)4/h5-8,14H,9H2,1-4H3,(H,15,16). The van der Waals surface area contributed by atoms with Crippen molar-refractivity contribution >= 4 is 17.3 Å². The lowest BCUT2D eigenvalue weighted by Gasteiger charge is -2.19. The van der Waals surface area contributed by atoms with Gasteiger partial charge in [0.15, 0.2) is 0 Å². The van der Waals surface area contributed by atoms with Gasteiger partial charge in [0, 0.05) is 24.8 Å². The van der Waals surface area contributed by atoms with E-state index in [2.05, 4.69) is 31.4 Å². The molecule has 1 aromatic rings. The molecule has 0 aliphatic carbocycles. The fourth-order valence-corrected chi connectivity index (χ4v) is 1.28. The third-order valence-corrected chi connectivity index (χ3v) is 2.01. The molecule has 0 heterocycles. The van der Waals surface area contributed by atoms with Crippen LogP contribution in [0.25, 0.3) is 0 Å². The van der Waals surface area contributed by atoms with Crippen LogP contribution in [0, 0.1) is 5.41 Å². The molecule has 16 heavy (non-hydrogen) atoms. The number of nitrogens with one attached hydrogen (secondary N) is 2. The second-order valence-electron chi connectivity index (χ2n) is 5.18. The highest BCUT2D eigenvalue weighted by Crippen LogP contribution is 2.18. The van der Waals surface area contributed by atoms with Gasteiger partial charge >= 0.3 is 0 Å². The van der Waals surface area contributed by atoms with Gasteiger partial charge in [-0.15, -0.1) is 0 Å². The van der Waals surface area contributed by atoms with Crippen LogP contribution in [0.3, 0.4) is 0 Å². The average molecular weight is 220 g/mol. The molecule has 0 aliphatic rings. The summed E-state index contributed by atoms with van der Waals surface area (Å²) in [6.07, 6.45) is 0. The van der Waals surface area contributed by atoms with E-state index in [1.165, 1.54) is 6.92 Å². The molecule has 0 unspecified atom stereocenters. The minimum absolute atomic E-state index is 0.0482. The van der Waals surface area contributed by atoms with Crippen LogP contribution in [0.4, 0.5) is 11.4 Å². The van der Waals surface area contributed by atoms with Gasteiger partial charge in [0.1, 0.15) is 0 Å². The van der Waals surface area contributed by atoms with Crippen LogP contribution in [0.1, 0.15) is 27.7 Å². The SMILES string of the molecule is CC(=O)Nc1cccc(NCC(C)(C)C)c1. The number of benzene rings is 1. The molecule has 2 N–H and O–H groups in total. The zero-order valence-corrected chi connectivity index (χ0v) is 10.4. The first-order chi connectivity index (χ1) is 7.37. The van der Waals surface area contributed by atoms with Crippen LogP contribution in [-0.4, -0.2) is 12.5 Å². The fraction of sp³-hybridized carbons (Fsp3) is 0.462. The molecule has 0 bridgehead atoms. The van der Waals surface area contributed by atoms with E-state index in [0.29, 0.717) is 0 Å². The molecule has 0 radical (unpaired) electrons. The van der Waals surface area contributed by atoms with Crippen LogP contribution >= 0.6 is 0 Å². The zero-order chi connectivity index (χ0) is 12.2. The van der Waals surface area contributed by atoms with E-state index in [-0.39, 0.29) is 11.3 Å². The normalized spacial score (nSPS) is 11.0. The zero-order valence-electron chi connectivity index (χ0n) is 10.4. The summed E-state index contributed by atoms with van der Waals surface area (Å²) in [5, 5.41) is 6.11. The van der Waals surface area contributed by atoms with Crippen molar-refractivity contribution in [2.75, 3.05) is 17.2 Å². The second kappa shape index (κ2) is 5.01. The summed E-state index contributed by atoms with van der Waals surface area (Å²) in [5.41, 5.74) is 2.09. The van der Waals surface area contributed by atoms with E-state index in [0.717, 1.165) is 17.9 Å². The van der Waals surface area contributed by atoms with Crippen molar-refractivity contribution in [1.82, 2.24) is 0 Å². The summed E-state index contributed by atoms with van der Waals surface area (Å²) in [4.78, 5) is 10.9. The predicted molar refractivity (Wildman–Crippen MR) is 68.7 cm³/mol. The van der Waals surface area contributed by atoms with Crippen molar-refractivity contribution in [2.45, 2.75) is 27.7 Å². The van der Waals surface area contributed by atoms with Gasteiger partial charge in [-0.2, -0.15) is 0 Å². The minimum Gasteiger partial charge on any atom is -0.384 e. The maximum absolute atomic E-state index is 10.9. The van der Waals surface area contributed by atoms with Crippen molar-refractivity contribution < 1.29 is 4.79 Å². The topological polar surface area (TPSA) is 41.1 Å². The molecule has 1 amide bonds. The van der Waals surface area contributed by atoms with E-state index in [1.807, 2.05) is 24.3 Å². The van der Waals surface area contributed by atoms with Gasteiger partial charge in [-0.25, -0.2) is 0 Å². The van der Waals surface area contributed by atoms with Crippen LogP contribution in [-0.2, 0) is 4.79 Å². The van der Waals surface area contributed by atoms with Crippen LogP contribution < -0.4 is 10.6 Å². The van der Waals surface area contributed by atoms with Crippen molar-refractivity contribution in [2.24, 2.45) is 5.41 Å². The highest BCUT2D eigenvalue weighted by Gasteiger charge is 2.09. The fourth-order valence-electron chi connectivity index (χ4n) is 1.28. The number of carbonyl (C=O) groups is 1. The maximum Gasteiger partial charge on any atom is 0.221 e. The van der Waals surface area contributed by atoms with E-state index in [9.17, 15) is 4.79 Å². The Kier molecular flexibility index (Phi) is 3.93. The Balaban J connectivity index is 2.64. The molecule has 0 aliphatic heterocycles. The van der Waals surface area contributed by atoms with Gasteiger partial charge in [-0.05, 0) is 23.6 Å². The summed E-state index contributed by atoms with van der Waals surface area (Å²) < 4.78 is 0. The quantitative estimate of drug-likeness (QED) is 0.821. The number of carbonyl (C=O) groups excluding carboxylic acids is 1. The average Bonchev–Trinajstić information content (AvgIpc) is 2.13. The molecule has 0 spiro atoms. The van der Waals surface area contributed by atoms with Gasteiger partial charge in [-0.1, -0.05) is 26.8 Å². The summed E-state index contributed by atoms with van der Waals surface area (Å²) in [7, 11) is 0. The number of anilines is 2. The number of hydrogen-bond donors (Lipinski definition) is 2. The van der Waals surface area contributed by atoms with Gasteiger partial charge in [-0.3, -0.25) is 4.79 Å². The highest BCUT2D eigenvalue weighted by atomic mass is 16.1.